The lowest BCUT2D eigenvalue weighted by Crippen LogP contribution is -1.90. The zero-order chi connectivity index (χ0) is 22.9. The molecule has 0 bridgehead atoms. The SMILES string of the molecule is Nc1ncnc2[nH]c(-c3ccncc3)cc12.c1cc(-c2cc3c(ncn4ccnc34)[nH]2)ccn1. The van der Waals surface area contributed by atoms with E-state index in [-0.39, 0.29) is 0 Å². The summed E-state index contributed by atoms with van der Waals surface area (Å²) in [7, 11) is 0. The van der Waals surface area contributed by atoms with E-state index in [0.29, 0.717) is 5.82 Å². The number of hydrogen-bond donors (Lipinski definition) is 3. The van der Waals surface area contributed by atoms with E-state index < -0.39 is 0 Å². The van der Waals surface area contributed by atoms with Gasteiger partial charge in [-0.3, -0.25) is 14.4 Å². The molecule has 0 radical (unpaired) electrons. The Hall–Kier alpha value is -5.12. The molecule has 10 nitrogen and oxygen atoms in total. The third-order valence-electron chi connectivity index (χ3n) is 5.46. The Balaban J connectivity index is 0.000000129. The van der Waals surface area contributed by atoms with E-state index in [9.17, 15) is 0 Å². The van der Waals surface area contributed by atoms with Crippen LogP contribution in [-0.2, 0) is 0 Å². The first-order valence-corrected chi connectivity index (χ1v) is 10.5. The summed E-state index contributed by atoms with van der Waals surface area (Å²) < 4.78 is 1.91. The average molecular weight is 446 g/mol. The summed E-state index contributed by atoms with van der Waals surface area (Å²) in [5.41, 5.74) is 12.4. The molecule has 7 rings (SSSR count). The summed E-state index contributed by atoms with van der Waals surface area (Å²) in [6.07, 6.45) is 13.9. The maximum absolute atomic E-state index is 5.76. The van der Waals surface area contributed by atoms with Crippen molar-refractivity contribution < 1.29 is 0 Å². The number of anilines is 1. The van der Waals surface area contributed by atoms with Crippen LogP contribution in [0, 0.1) is 0 Å². The summed E-state index contributed by atoms with van der Waals surface area (Å²) in [6, 6.07) is 11.8. The van der Waals surface area contributed by atoms with Crippen LogP contribution < -0.4 is 5.73 Å². The van der Waals surface area contributed by atoms with E-state index in [1.54, 1.807) is 37.3 Å². The second-order valence-electron chi connectivity index (χ2n) is 7.52. The van der Waals surface area contributed by atoms with Gasteiger partial charge >= 0.3 is 0 Å². The van der Waals surface area contributed by atoms with Gasteiger partial charge in [-0.15, -0.1) is 0 Å². The van der Waals surface area contributed by atoms with Gasteiger partial charge in [-0.25, -0.2) is 19.9 Å². The minimum Gasteiger partial charge on any atom is -0.383 e. The Morgan fingerprint density at radius 3 is 1.94 bits per heavy atom. The largest absolute Gasteiger partial charge is 0.383 e. The lowest BCUT2D eigenvalue weighted by atomic mass is 10.2. The molecule has 0 saturated carbocycles. The molecule has 0 aliphatic rings. The van der Waals surface area contributed by atoms with Crippen molar-refractivity contribution >= 4 is 33.5 Å². The second-order valence-corrected chi connectivity index (χ2v) is 7.52. The van der Waals surface area contributed by atoms with Crippen LogP contribution >= 0.6 is 0 Å². The predicted octanol–water partition coefficient (Wildman–Crippen LogP) is 3.87. The third kappa shape index (κ3) is 3.48. The fourth-order valence-corrected chi connectivity index (χ4v) is 3.78. The molecule has 7 aromatic heterocycles. The molecule has 34 heavy (non-hydrogen) atoms. The van der Waals surface area contributed by atoms with Gasteiger partial charge in [-0.1, -0.05) is 0 Å². The minimum absolute atomic E-state index is 0.488. The van der Waals surface area contributed by atoms with Gasteiger partial charge in [0.05, 0.1) is 10.8 Å². The van der Waals surface area contributed by atoms with Crippen LogP contribution in [-0.4, -0.2) is 44.3 Å². The highest BCUT2D eigenvalue weighted by molar-refractivity contribution is 5.93. The number of imidazole rings is 1. The van der Waals surface area contributed by atoms with Crippen LogP contribution in [0.1, 0.15) is 0 Å². The van der Waals surface area contributed by atoms with E-state index >= 15 is 0 Å². The van der Waals surface area contributed by atoms with E-state index in [1.165, 1.54) is 6.33 Å². The molecule has 164 valence electrons. The van der Waals surface area contributed by atoms with Crippen molar-refractivity contribution in [2.75, 3.05) is 5.73 Å². The number of rotatable bonds is 2. The Morgan fingerprint density at radius 2 is 1.29 bits per heavy atom. The van der Waals surface area contributed by atoms with Crippen LogP contribution in [0.25, 0.3) is 50.2 Å². The topological polar surface area (TPSA) is 139 Å². The molecule has 0 saturated heterocycles. The zero-order valence-electron chi connectivity index (χ0n) is 17.8. The molecule has 0 aromatic carbocycles. The normalized spacial score (nSPS) is 11.1. The highest BCUT2D eigenvalue weighted by atomic mass is 15.0. The van der Waals surface area contributed by atoms with Gasteiger partial charge in [0, 0.05) is 59.7 Å². The fraction of sp³-hybridized carbons (Fsp3) is 0. The number of hydrogen-bond acceptors (Lipinski definition) is 7. The first-order chi connectivity index (χ1) is 16.8. The number of aromatic nitrogens is 9. The summed E-state index contributed by atoms with van der Waals surface area (Å²) in [5, 5.41) is 1.86. The predicted molar refractivity (Wildman–Crippen MR) is 130 cm³/mol. The molecular formula is C24H18N10. The fourth-order valence-electron chi connectivity index (χ4n) is 3.78. The number of nitrogen functional groups attached to an aromatic ring is 1. The van der Waals surface area contributed by atoms with Gasteiger partial charge < -0.3 is 15.7 Å². The average Bonchev–Trinajstić information content (AvgIpc) is 3.63. The van der Waals surface area contributed by atoms with Crippen molar-refractivity contribution in [2.24, 2.45) is 0 Å². The quantitative estimate of drug-likeness (QED) is 0.366. The highest BCUT2D eigenvalue weighted by Crippen LogP contribution is 2.25. The second kappa shape index (κ2) is 8.10. The molecule has 0 amide bonds. The Kier molecular flexibility index (Phi) is 4.66. The monoisotopic (exact) mass is 446 g/mol. The smallest absolute Gasteiger partial charge is 0.149 e. The molecule has 10 heteroatoms. The van der Waals surface area contributed by atoms with Crippen molar-refractivity contribution in [1.29, 1.82) is 0 Å². The summed E-state index contributed by atoms with van der Waals surface area (Å²) in [5.74, 6) is 0.488. The maximum Gasteiger partial charge on any atom is 0.149 e. The summed E-state index contributed by atoms with van der Waals surface area (Å²) in [6.45, 7) is 0. The molecule has 0 unspecified atom stereocenters. The van der Waals surface area contributed by atoms with Gasteiger partial charge in [0.2, 0.25) is 0 Å². The Labute approximate surface area is 192 Å². The number of fused-ring (bicyclic) bond motifs is 4. The number of pyridine rings is 2. The number of nitrogens with one attached hydrogen (secondary N) is 2. The van der Waals surface area contributed by atoms with Crippen molar-refractivity contribution in [3.63, 3.8) is 0 Å². The Morgan fingerprint density at radius 1 is 0.676 bits per heavy atom. The van der Waals surface area contributed by atoms with Crippen LogP contribution in [0.5, 0.6) is 0 Å². The summed E-state index contributed by atoms with van der Waals surface area (Å²) in [4.78, 5) is 31.3. The van der Waals surface area contributed by atoms with Crippen molar-refractivity contribution in [3.8, 4) is 22.5 Å². The van der Waals surface area contributed by atoms with Crippen molar-refractivity contribution in [1.82, 2.24) is 44.3 Å². The molecule has 0 atom stereocenters. The van der Waals surface area contributed by atoms with Gasteiger partial charge in [0.1, 0.15) is 35.4 Å². The van der Waals surface area contributed by atoms with Crippen LogP contribution in [0.3, 0.4) is 0 Å². The van der Waals surface area contributed by atoms with E-state index in [2.05, 4.69) is 45.9 Å². The van der Waals surface area contributed by atoms with Crippen molar-refractivity contribution in [2.45, 2.75) is 0 Å². The number of nitrogens with zero attached hydrogens (tertiary/aromatic N) is 7. The van der Waals surface area contributed by atoms with Gasteiger partial charge in [-0.2, -0.15) is 0 Å². The Bertz CT molecular complexity index is 1710. The molecule has 4 N–H and O–H groups in total. The van der Waals surface area contributed by atoms with E-state index in [1.807, 2.05) is 40.9 Å². The molecule has 0 spiro atoms. The first kappa shape index (κ1) is 19.6. The van der Waals surface area contributed by atoms with Crippen molar-refractivity contribution in [3.05, 3.63) is 86.2 Å². The number of H-pyrrole nitrogens is 2. The zero-order valence-corrected chi connectivity index (χ0v) is 17.8. The lowest BCUT2D eigenvalue weighted by Gasteiger charge is -1.94. The third-order valence-corrected chi connectivity index (χ3v) is 5.46. The van der Waals surface area contributed by atoms with Crippen LogP contribution in [0.4, 0.5) is 5.82 Å². The van der Waals surface area contributed by atoms with E-state index in [4.69, 9.17) is 5.73 Å². The molecule has 0 aliphatic carbocycles. The first-order valence-electron chi connectivity index (χ1n) is 10.5. The molecule has 0 aliphatic heterocycles. The minimum atomic E-state index is 0.488. The number of aromatic amines is 2. The van der Waals surface area contributed by atoms with Crippen LogP contribution in [0.15, 0.2) is 86.2 Å². The maximum atomic E-state index is 5.76. The lowest BCUT2D eigenvalue weighted by molar-refractivity contribution is 1.11. The van der Waals surface area contributed by atoms with Crippen LogP contribution in [0.2, 0.25) is 0 Å². The highest BCUT2D eigenvalue weighted by Gasteiger charge is 2.08. The van der Waals surface area contributed by atoms with Gasteiger partial charge in [-0.05, 0) is 36.4 Å². The van der Waals surface area contributed by atoms with Gasteiger partial charge in [0.15, 0.2) is 0 Å². The van der Waals surface area contributed by atoms with E-state index in [0.717, 1.165) is 50.2 Å². The van der Waals surface area contributed by atoms with Gasteiger partial charge in [0.25, 0.3) is 0 Å². The molecule has 7 heterocycles. The molecular weight excluding hydrogens is 428 g/mol. The standard InChI is InChI=1S/C13H9N5.C11H9N5/c1-3-14-4-2-9(1)11-7-10-12(17-11)16-8-18-6-5-15-13(10)18;12-10-8-5-9(7-1-3-13-4-2-7)16-11(8)15-6-14-10/h1-8,17H;1-6H,(H3,12,14,15,16). The molecule has 0 fully saturated rings. The summed E-state index contributed by atoms with van der Waals surface area (Å²) >= 11 is 0. The number of nitrogens with two attached hydrogens (primary N) is 1. The molecule has 7 aromatic rings.